The maximum Gasteiger partial charge on any atom is 0.257 e. The van der Waals surface area contributed by atoms with Crippen molar-refractivity contribution in [1.29, 1.82) is 0 Å². The van der Waals surface area contributed by atoms with Gasteiger partial charge in [-0.1, -0.05) is 33.6 Å². The molecule has 2 aromatic rings. The van der Waals surface area contributed by atoms with E-state index in [1.54, 1.807) is 37.3 Å². The molecule has 0 spiro atoms. The summed E-state index contributed by atoms with van der Waals surface area (Å²) in [5, 5.41) is 3.15. The Labute approximate surface area is 166 Å². The zero-order valence-electron chi connectivity index (χ0n) is 14.1. The normalized spacial score (nSPS) is 14.0. The molecule has 1 aliphatic rings. The summed E-state index contributed by atoms with van der Waals surface area (Å²) in [6, 6.07) is 10.4. The lowest BCUT2D eigenvalue weighted by Crippen LogP contribution is -2.36. The first-order valence-electron chi connectivity index (χ1n) is 8.21. The molecule has 1 N–H and O–H groups in total. The molecule has 3 rings (SSSR count). The lowest BCUT2D eigenvalue weighted by Gasteiger charge is -2.30. The van der Waals surface area contributed by atoms with Crippen LogP contribution in [0.15, 0.2) is 40.9 Å². The van der Waals surface area contributed by atoms with Crippen molar-refractivity contribution < 1.29 is 13.2 Å². The van der Waals surface area contributed by atoms with E-state index in [0.29, 0.717) is 28.5 Å². The van der Waals surface area contributed by atoms with Crippen molar-refractivity contribution >= 4 is 54.8 Å². The number of carbonyl (C=O) groups is 1. The van der Waals surface area contributed by atoms with Crippen LogP contribution in [0, 0.1) is 0 Å². The van der Waals surface area contributed by atoms with Gasteiger partial charge in [-0.05, 0) is 55.7 Å². The first-order valence-corrected chi connectivity index (χ1v) is 11.0. The van der Waals surface area contributed by atoms with Gasteiger partial charge in [-0.25, -0.2) is 8.42 Å². The number of aryl methyl sites for hydroxylation is 1. The first-order chi connectivity index (χ1) is 12.3. The highest BCUT2D eigenvalue weighted by atomic mass is 79.9. The van der Waals surface area contributed by atoms with E-state index in [1.807, 2.05) is 6.07 Å². The molecule has 0 aromatic heterocycles. The molecule has 0 bridgehead atoms. The molecule has 0 aliphatic carbocycles. The minimum Gasteiger partial charge on any atom is -0.322 e. The molecule has 0 radical (unpaired) electrons. The summed E-state index contributed by atoms with van der Waals surface area (Å²) in [6.07, 6.45) is 1.60. The number of carbonyl (C=O) groups excluding carboxylic acids is 1. The lowest BCUT2D eigenvalue weighted by atomic mass is 10.0. The molecule has 0 atom stereocenters. The Kier molecular flexibility index (Phi) is 5.60. The number of hydrogen-bond acceptors (Lipinski definition) is 3. The molecule has 0 fully saturated rings. The Morgan fingerprint density at radius 2 is 2.04 bits per heavy atom. The summed E-state index contributed by atoms with van der Waals surface area (Å²) in [5.74, 6) is -0.312. The van der Waals surface area contributed by atoms with Gasteiger partial charge in [0.1, 0.15) is 0 Å². The van der Waals surface area contributed by atoms with E-state index >= 15 is 0 Å². The predicted molar refractivity (Wildman–Crippen MR) is 109 cm³/mol. The molecule has 0 saturated heterocycles. The molecular formula is C18H18BrClN2O3S. The second-order valence-electron chi connectivity index (χ2n) is 6.00. The van der Waals surface area contributed by atoms with Crippen molar-refractivity contribution in [2.75, 3.05) is 21.9 Å². The zero-order valence-corrected chi connectivity index (χ0v) is 17.3. The quantitative estimate of drug-likeness (QED) is 0.737. The minimum atomic E-state index is -3.35. The van der Waals surface area contributed by atoms with E-state index < -0.39 is 10.0 Å². The lowest BCUT2D eigenvalue weighted by molar-refractivity contribution is 0.102. The Morgan fingerprint density at radius 3 is 2.77 bits per heavy atom. The van der Waals surface area contributed by atoms with E-state index in [9.17, 15) is 13.2 Å². The fraction of sp³-hybridized carbons (Fsp3) is 0.278. The highest BCUT2D eigenvalue weighted by molar-refractivity contribution is 9.10. The van der Waals surface area contributed by atoms with E-state index in [1.165, 1.54) is 4.31 Å². The average Bonchev–Trinajstić information content (AvgIpc) is 2.63. The van der Waals surface area contributed by atoms with Crippen LogP contribution in [-0.4, -0.2) is 26.6 Å². The molecule has 0 unspecified atom stereocenters. The van der Waals surface area contributed by atoms with Gasteiger partial charge in [-0.2, -0.15) is 0 Å². The van der Waals surface area contributed by atoms with Crippen LogP contribution in [0.2, 0.25) is 5.02 Å². The summed E-state index contributed by atoms with van der Waals surface area (Å²) in [7, 11) is -3.35. The minimum absolute atomic E-state index is 0.0384. The van der Waals surface area contributed by atoms with Gasteiger partial charge in [0, 0.05) is 16.7 Å². The Hall–Kier alpha value is -1.57. The Balaban J connectivity index is 1.92. The Morgan fingerprint density at radius 1 is 1.27 bits per heavy atom. The third-order valence-corrected chi connectivity index (χ3v) is 6.90. The molecule has 8 heteroatoms. The van der Waals surface area contributed by atoms with E-state index in [0.717, 1.165) is 22.9 Å². The number of anilines is 2. The number of nitrogens with one attached hydrogen (secondary N) is 1. The summed E-state index contributed by atoms with van der Waals surface area (Å²) < 4.78 is 26.9. The van der Waals surface area contributed by atoms with E-state index in [2.05, 4.69) is 21.2 Å². The van der Waals surface area contributed by atoms with Crippen LogP contribution in [0.25, 0.3) is 0 Å². The van der Waals surface area contributed by atoms with Crippen molar-refractivity contribution in [2.45, 2.75) is 19.8 Å². The number of benzene rings is 2. The van der Waals surface area contributed by atoms with Crippen molar-refractivity contribution in [1.82, 2.24) is 0 Å². The van der Waals surface area contributed by atoms with Crippen LogP contribution in [0.3, 0.4) is 0 Å². The van der Waals surface area contributed by atoms with Crippen molar-refractivity contribution in [3.8, 4) is 0 Å². The molecule has 0 saturated carbocycles. The van der Waals surface area contributed by atoms with Gasteiger partial charge < -0.3 is 5.32 Å². The molecular weight excluding hydrogens is 440 g/mol. The molecule has 2 aromatic carbocycles. The number of amides is 1. The molecule has 1 aliphatic heterocycles. The van der Waals surface area contributed by atoms with Crippen LogP contribution in [0.4, 0.5) is 11.4 Å². The fourth-order valence-electron chi connectivity index (χ4n) is 2.93. The third-order valence-electron chi connectivity index (χ3n) is 4.29. The van der Waals surface area contributed by atoms with Crippen molar-refractivity contribution in [2.24, 2.45) is 0 Å². The first kappa shape index (κ1) is 19.2. The van der Waals surface area contributed by atoms with E-state index in [-0.39, 0.29) is 11.7 Å². The van der Waals surface area contributed by atoms with Crippen LogP contribution in [-0.2, 0) is 16.4 Å². The Bertz CT molecular complexity index is 963. The number of halogens is 2. The maximum absolute atomic E-state index is 12.5. The summed E-state index contributed by atoms with van der Waals surface area (Å²) in [5.41, 5.74) is 2.47. The standard InChI is InChI=1S/C18H18BrClN2O3S/c1-2-26(24,25)22-9-3-4-12-5-7-14(11-17(12)22)21-18(23)15-10-13(19)6-8-16(15)20/h5-8,10-11H,2-4,9H2,1H3,(H,21,23). The fourth-order valence-corrected chi connectivity index (χ4v) is 4.69. The monoisotopic (exact) mass is 456 g/mol. The topological polar surface area (TPSA) is 66.5 Å². The zero-order chi connectivity index (χ0) is 18.9. The summed E-state index contributed by atoms with van der Waals surface area (Å²) in [4.78, 5) is 12.5. The van der Waals surface area contributed by atoms with Crippen LogP contribution in [0.5, 0.6) is 0 Å². The number of fused-ring (bicyclic) bond motifs is 1. The predicted octanol–water partition coefficient (Wildman–Crippen LogP) is 4.46. The van der Waals surface area contributed by atoms with Gasteiger partial charge in [0.15, 0.2) is 0 Å². The molecule has 1 amide bonds. The largest absolute Gasteiger partial charge is 0.322 e. The molecule has 138 valence electrons. The number of hydrogen-bond donors (Lipinski definition) is 1. The summed E-state index contributed by atoms with van der Waals surface area (Å²) >= 11 is 9.43. The second-order valence-corrected chi connectivity index (χ2v) is 9.50. The SMILES string of the molecule is CCS(=O)(=O)N1CCCc2ccc(NC(=O)c3cc(Br)ccc3Cl)cc21. The van der Waals surface area contributed by atoms with Gasteiger partial charge >= 0.3 is 0 Å². The van der Waals surface area contributed by atoms with Crippen LogP contribution in [0.1, 0.15) is 29.3 Å². The second kappa shape index (κ2) is 7.58. The van der Waals surface area contributed by atoms with E-state index in [4.69, 9.17) is 11.6 Å². The molecule has 1 heterocycles. The van der Waals surface area contributed by atoms with Crippen LogP contribution >= 0.6 is 27.5 Å². The average molecular weight is 458 g/mol. The summed E-state index contributed by atoms with van der Waals surface area (Å²) in [6.45, 7) is 2.09. The highest BCUT2D eigenvalue weighted by Gasteiger charge is 2.26. The third kappa shape index (κ3) is 3.89. The van der Waals surface area contributed by atoms with Gasteiger partial charge in [0.2, 0.25) is 10.0 Å². The maximum atomic E-state index is 12.5. The number of nitrogens with zero attached hydrogens (tertiary/aromatic N) is 1. The highest BCUT2D eigenvalue weighted by Crippen LogP contribution is 2.32. The number of sulfonamides is 1. The van der Waals surface area contributed by atoms with Gasteiger partial charge in [0.25, 0.3) is 5.91 Å². The smallest absolute Gasteiger partial charge is 0.257 e. The van der Waals surface area contributed by atoms with Gasteiger partial charge in [-0.3, -0.25) is 9.10 Å². The molecule has 26 heavy (non-hydrogen) atoms. The number of rotatable bonds is 4. The van der Waals surface area contributed by atoms with Crippen molar-refractivity contribution in [3.05, 3.63) is 57.0 Å². The van der Waals surface area contributed by atoms with Crippen molar-refractivity contribution in [3.63, 3.8) is 0 Å². The van der Waals surface area contributed by atoms with Gasteiger partial charge in [0.05, 0.1) is 22.0 Å². The van der Waals surface area contributed by atoms with Gasteiger partial charge in [-0.15, -0.1) is 0 Å². The van der Waals surface area contributed by atoms with Crippen LogP contribution < -0.4 is 9.62 Å². The molecule has 5 nitrogen and oxygen atoms in total.